The van der Waals surface area contributed by atoms with Gasteiger partial charge >= 0.3 is 0 Å². The number of hydrogen-bond donors (Lipinski definition) is 1. The highest BCUT2D eigenvalue weighted by atomic mass is 15.2. The topological polar surface area (TPSA) is 32.5 Å². The molecule has 2 aliphatic rings. The lowest BCUT2D eigenvalue weighted by Crippen LogP contribution is -2.61. The third kappa shape index (κ3) is 3.37. The summed E-state index contributed by atoms with van der Waals surface area (Å²) in [6.45, 7) is 11.5. The van der Waals surface area contributed by atoms with Crippen LogP contribution in [0.2, 0.25) is 0 Å². The van der Waals surface area contributed by atoms with Gasteiger partial charge in [-0.05, 0) is 70.6 Å². The smallest absolute Gasteiger partial charge is 0.0355 e. The van der Waals surface area contributed by atoms with E-state index in [4.69, 9.17) is 5.73 Å². The van der Waals surface area contributed by atoms with E-state index in [-0.39, 0.29) is 5.54 Å². The molecule has 118 valence electrons. The van der Waals surface area contributed by atoms with Gasteiger partial charge in [-0.15, -0.1) is 0 Å². The predicted octanol–water partition coefficient (Wildman–Crippen LogP) is 2.70. The van der Waals surface area contributed by atoms with Crippen molar-refractivity contribution in [2.45, 2.75) is 70.9 Å². The van der Waals surface area contributed by atoms with Crippen molar-refractivity contribution in [3.63, 3.8) is 0 Å². The molecule has 1 saturated heterocycles. The van der Waals surface area contributed by atoms with Crippen molar-refractivity contribution in [2.75, 3.05) is 33.2 Å². The van der Waals surface area contributed by atoms with Crippen LogP contribution in [0.5, 0.6) is 0 Å². The fraction of sp³-hybridized carbons (Fsp3) is 1.00. The second-order valence-electron chi connectivity index (χ2n) is 7.87. The lowest BCUT2D eigenvalue weighted by Gasteiger charge is -2.51. The van der Waals surface area contributed by atoms with E-state index in [1.807, 2.05) is 0 Å². The molecule has 3 heteroatoms. The number of nitrogens with two attached hydrogens (primary N) is 1. The molecule has 2 rings (SSSR count). The van der Waals surface area contributed by atoms with E-state index in [9.17, 15) is 0 Å². The summed E-state index contributed by atoms with van der Waals surface area (Å²) in [6, 6.07) is 0.750. The van der Waals surface area contributed by atoms with Crippen LogP contribution in [0.25, 0.3) is 0 Å². The van der Waals surface area contributed by atoms with Gasteiger partial charge in [-0.2, -0.15) is 0 Å². The van der Waals surface area contributed by atoms with Crippen LogP contribution >= 0.6 is 0 Å². The summed E-state index contributed by atoms with van der Waals surface area (Å²) >= 11 is 0. The van der Waals surface area contributed by atoms with Crippen LogP contribution in [-0.2, 0) is 0 Å². The Labute approximate surface area is 125 Å². The Bertz CT molecular complexity index is 295. The van der Waals surface area contributed by atoms with Gasteiger partial charge in [0.05, 0.1) is 0 Å². The molecule has 1 aliphatic heterocycles. The van der Waals surface area contributed by atoms with Crippen molar-refractivity contribution in [3.8, 4) is 0 Å². The van der Waals surface area contributed by atoms with Crippen molar-refractivity contribution in [3.05, 3.63) is 0 Å². The lowest BCUT2D eigenvalue weighted by atomic mass is 9.74. The summed E-state index contributed by atoms with van der Waals surface area (Å²) in [5, 5.41) is 0. The fourth-order valence-electron chi connectivity index (χ4n) is 4.14. The fourth-order valence-corrected chi connectivity index (χ4v) is 4.14. The second-order valence-corrected chi connectivity index (χ2v) is 7.87. The summed E-state index contributed by atoms with van der Waals surface area (Å²) in [7, 11) is 2.34. The number of piperidine rings is 1. The normalized spacial score (nSPS) is 27.9. The van der Waals surface area contributed by atoms with Gasteiger partial charge in [-0.3, -0.25) is 4.90 Å². The molecule has 0 aromatic carbocycles. The maximum atomic E-state index is 6.23. The number of hydrogen-bond acceptors (Lipinski definition) is 3. The molecule has 3 nitrogen and oxygen atoms in total. The van der Waals surface area contributed by atoms with Gasteiger partial charge in [-0.1, -0.05) is 20.8 Å². The Morgan fingerprint density at radius 2 is 1.65 bits per heavy atom. The van der Waals surface area contributed by atoms with E-state index in [1.54, 1.807) is 0 Å². The molecule has 0 radical (unpaired) electrons. The highest BCUT2D eigenvalue weighted by molar-refractivity contribution is 4.98. The minimum atomic E-state index is 0.262. The van der Waals surface area contributed by atoms with Gasteiger partial charge in [0.1, 0.15) is 0 Å². The zero-order valence-electron chi connectivity index (χ0n) is 14.1. The monoisotopic (exact) mass is 281 g/mol. The van der Waals surface area contributed by atoms with Crippen LogP contribution in [0.4, 0.5) is 0 Å². The van der Waals surface area contributed by atoms with Crippen LogP contribution in [0.3, 0.4) is 0 Å². The minimum absolute atomic E-state index is 0.262. The minimum Gasteiger partial charge on any atom is -0.329 e. The van der Waals surface area contributed by atoms with E-state index in [0.29, 0.717) is 5.41 Å². The van der Waals surface area contributed by atoms with Gasteiger partial charge in [0.25, 0.3) is 0 Å². The van der Waals surface area contributed by atoms with Gasteiger partial charge in [-0.25, -0.2) is 0 Å². The number of likely N-dealkylation sites (tertiary alicyclic amines) is 1. The molecule has 1 aliphatic carbocycles. The molecule has 0 atom stereocenters. The first-order chi connectivity index (χ1) is 9.42. The van der Waals surface area contributed by atoms with Crippen molar-refractivity contribution in [2.24, 2.45) is 11.1 Å². The van der Waals surface area contributed by atoms with Gasteiger partial charge < -0.3 is 10.6 Å². The molecule has 2 N–H and O–H groups in total. The molecule has 1 saturated carbocycles. The molecule has 1 heterocycles. The third-order valence-corrected chi connectivity index (χ3v) is 6.22. The van der Waals surface area contributed by atoms with Crippen molar-refractivity contribution in [1.82, 2.24) is 9.80 Å². The largest absolute Gasteiger partial charge is 0.329 e. The zero-order valence-corrected chi connectivity index (χ0v) is 14.1. The molecule has 0 amide bonds. The van der Waals surface area contributed by atoms with Gasteiger partial charge in [0, 0.05) is 18.1 Å². The molecule has 0 aromatic heterocycles. The van der Waals surface area contributed by atoms with E-state index < -0.39 is 0 Å². The molecule has 0 spiro atoms. The maximum Gasteiger partial charge on any atom is 0.0355 e. The quantitative estimate of drug-likeness (QED) is 0.860. The van der Waals surface area contributed by atoms with E-state index in [1.165, 1.54) is 58.2 Å². The van der Waals surface area contributed by atoms with Crippen molar-refractivity contribution < 1.29 is 0 Å². The summed E-state index contributed by atoms with van der Waals surface area (Å²) in [6.07, 6.45) is 7.92. The number of nitrogens with zero attached hydrogens (tertiary/aromatic N) is 2. The average molecular weight is 281 g/mol. The Balaban J connectivity index is 1.97. The number of rotatable bonds is 4. The Kier molecular flexibility index (Phi) is 5.14. The Hall–Kier alpha value is -0.120. The van der Waals surface area contributed by atoms with Crippen LogP contribution in [0.15, 0.2) is 0 Å². The highest BCUT2D eigenvalue weighted by Gasteiger charge is 2.41. The first-order valence-electron chi connectivity index (χ1n) is 8.58. The van der Waals surface area contributed by atoms with E-state index >= 15 is 0 Å². The molecule has 0 unspecified atom stereocenters. The molecular weight excluding hydrogens is 246 g/mol. The summed E-state index contributed by atoms with van der Waals surface area (Å²) in [5.41, 5.74) is 7.04. The molecule has 0 bridgehead atoms. The van der Waals surface area contributed by atoms with Gasteiger partial charge in [0.2, 0.25) is 0 Å². The molecule has 20 heavy (non-hydrogen) atoms. The zero-order chi connectivity index (χ0) is 14.8. The average Bonchev–Trinajstić information content (AvgIpc) is 2.46. The highest BCUT2D eigenvalue weighted by Crippen LogP contribution is 2.39. The van der Waals surface area contributed by atoms with Gasteiger partial charge in [0.15, 0.2) is 0 Å². The van der Waals surface area contributed by atoms with E-state index in [2.05, 4.69) is 37.6 Å². The first kappa shape index (κ1) is 16.3. The predicted molar refractivity (Wildman–Crippen MR) is 86.9 cm³/mol. The van der Waals surface area contributed by atoms with Crippen LogP contribution < -0.4 is 5.73 Å². The van der Waals surface area contributed by atoms with Crippen LogP contribution in [0.1, 0.15) is 59.3 Å². The maximum absolute atomic E-state index is 6.23. The lowest BCUT2D eigenvalue weighted by molar-refractivity contribution is -0.00453. The van der Waals surface area contributed by atoms with Crippen molar-refractivity contribution >= 4 is 0 Å². The molecule has 2 fully saturated rings. The van der Waals surface area contributed by atoms with Crippen LogP contribution in [0, 0.1) is 5.41 Å². The third-order valence-electron chi connectivity index (χ3n) is 6.22. The SMILES string of the molecule is CCN1CCC(CN)(N(C)C2CCC(C)(C)CC2)CC1. The standard InChI is InChI=1S/C17H35N3/c1-5-20-12-10-17(14-18,11-13-20)19(4)15-6-8-16(2,3)9-7-15/h15H,5-14,18H2,1-4H3. The summed E-state index contributed by atoms with van der Waals surface area (Å²) < 4.78 is 0. The molecule has 0 aromatic rings. The summed E-state index contributed by atoms with van der Waals surface area (Å²) in [4.78, 5) is 5.24. The second kappa shape index (κ2) is 6.33. The number of likely N-dealkylation sites (N-methyl/N-ethyl adjacent to an activating group) is 1. The summed E-state index contributed by atoms with van der Waals surface area (Å²) in [5.74, 6) is 0. The Morgan fingerprint density at radius 3 is 2.10 bits per heavy atom. The van der Waals surface area contributed by atoms with Crippen LogP contribution in [-0.4, -0.2) is 54.6 Å². The van der Waals surface area contributed by atoms with E-state index in [0.717, 1.165) is 12.6 Å². The first-order valence-corrected chi connectivity index (χ1v) is 8.58. The van der Waals surface area contributed by atoms with Crippen molar-refractivity contribution in [1.29, 1.82) is 0 Å². The Morgan fingerprint density at radius 1 is 1.10 bits per heavy atom. The molecular formula is C17H35N3.